The molecule has 2 amide bonds. The van der Waals surface area contributed by atoms with Crippen molar-refractivity contribution in [1.82, 2.24) is 5.32 Å². The molecule has 0 atom stereocenters. The van der Waals surface area contributed by atoms with Crippen LogP contribution in [0.5, 0.6) is 11.5 Å². The molecule has 8 heteroatoms. The van der Waals surface area contributed by atoms with Gasteiger partial charge in [0.2, 0.25) is 0 Å². The fourth-order valence-electron chi connectivity index (χ4n) is 4.58. The molecule has 4 aromatic rings. The van der Waals surface area contributed by atoms with E-state index in [2.05, 4.69) is 17.4 Å². The molecular weight excluding hydrogens is 544 g/mol. The van der Waals surface area contributed by atoms with Crippen LogP contribution in [-0.2, 0) is 22.6 Å². The van der Waals surface area contributed by atoms with Crippen LogP contribution in [-0.4, -0.2) is 23.5 Å². The summed E-state index contributed by atoms with van der Waals surface area (Å²) in [5.41, 5.74) is 3.15. The van der Waals surface area contributed by atoms with Crippen LogP contribution in [0.1, 0.15) is 30.5 Å². The summed E-state index contributed by atoms with van der Waals surface area (Å²) in [6, 6.07) is 25.0. The molecule has 0 saturated carbocycles. The number of fused-ring (bicyclic) bond motifs is 1. The first-order valence-corrected chi connectivity index (χ1v) is 13.7. The number of benzene rings is 4. The summed E-state index contributed by atoms with van der Waals surface area (Å²) in [6.07, 6.45) is 2.35. The lowest BCUT2D eigenvalue weighted by Gasteiger charge is -2.29. The van der Waals surface area contributed by atoms with Gasteiger partial charge < -0.3 is 9.47 Å². The Bertz CT molecular complexity index is 1640. The Kier molecular flexibility index (Phi) is 8.14. The first kappa shape index (κ1) is 27.4. The molecule has 0 radical (unpaired) electrons. The second-order valence-corrected chi connectivity index (χ2v) is 9.96. The van der Waals surface area contributed by atoms with Gasteiger partial charge in [0.25, 0.3) is 11.8 Å². The molecule has 1 N–H and O–H groups in total. The van der Waals surface area contributed by atoms with Gasteiger partial charge in [0, 0.05) is 0 Å². The quantitative estimate of drug-likeness (QED) is 0.142. The minimum atomic E-state index is -0.582. The highest BCUT2D eigenvalue weighted by molar-refractivity contribution is 7.80. The predicted molar refractivity (Wildman–Crippen MR) is 163 cm³/mol. The van der Waals surface area contributed by atoms with E-state index in [0.717, 1.165) is 28.3 Å². The van der Waals surface area contributed by atoms with Crippen LogP contribution in [0.2, 0.25) is 5.02 Å². The molecule has 1 aliphatic rings. The van der Waals surface area contributed by atoms with Crippen LogP contribution in [0.3, 0.4) is 0 Å². The molecular formula is C32H27ClN2O4S. The van der Waals surface area contributed by atoms with Gasteiger partial charge in [0.15, 0.2) is 16.6 Å². The zero-order valence-electron chi connectivity index (χ0n) is 22.1. The number of rotatable bonds is 8. The van der Waals surface area contributed by atoms with Crippen molar-refractivity contribution in [3.8, 4) is 11.5 Å². The highest BCUT2D eigenvalue weighted by atomic mass is 35.5. The smallest absolute Gasteiger partial charge is 0.270 e. The van der Waals surface area contributed by atoms with Crippen LogP contribution in [0.15, 0.2) is 84.4 Å². The zero-order valence-corrected chi connectivity index (χ0v) is 23.6. The van der Waals surface area contributed by atoms with Crippen LogP contribution in [0, 0.1) is 0 Å². The number of aryl methyl sites for hydroxylation is 1. The molecule has 1 aliphatic heterocycles. The molecule has 0 spiro atoms. The summed E-state index contributed by atoms with van der Waals surface area (Å²) in [5.74, 6) is -0.310. The average molecular weight is 571 g/mol. The summed E-state index contributed by atoms with van der Waals surface area (Å²) in [4.78, 5) is 27.6. The second kappa shape index (κ2) is 11.9. The van der Waals surface area contributed by atoms with Crippen molar-refractivity contribution in [2.45, 2.75) is 26.9 Å². The van der Waals surface area contributed by atoms with E-state index in [-0.39, 0.29) is 17.3 Å². The molecule has 4 aromatic carbocycles. The van der Waals surface area contributed by atoms with Gasteiger partial charge in [-0.2, -0.15) is 0 Å². The van der Waals surface area contributed by atoms with Crippen molar-refractivity contribution in [1.29, 1.82) is 0 Å². The first-order chi connectivity index (χ1) is 19.4. The van der Waals surface area contributed by atoms with E-state index in [4.69, 9.17) is 33.3 Å². The van der Waals surface area contributed by atoms with E-state index in [1.165, 1.54) is 11.0 Å². The van der Waals surface area contributed by atoms with E-state index < -0.39 is 11.8 Å². The topological polar surface area (TPSA) is 67.9 Å². The molecule has 0 bridgehead atoms. The van der Waals surface area contributed by atoms with Crippen LogP contribution < -0.4 is 19.7 Å². The SMILES string of the molecule is CCOc1cc(/C=C2\C(=O)NC(=S)N(c3ccc(CC)cc3)C2=O)cc(Cl)c1OCc1cccc2ccccc12. The molecule has 0 aromatic heterocycles. The summed E-state index contributed by atoms with van der Waals surface area (Å²) >= 11 is 12.0. The molecule has 1 fully saturated rings. The Morgan fingerprint density at radius 1 is 0.950 bits per heavy atom. The lowest BCUT2D eigenvalue weighted by Crippen LogP contribution is -2.54. The van der Waals surface area contributed by atoms with Crippen molar-refractivity contribution in [2.24, 2.45) is 0 Å². The van der Waals surface area contributed by atoms with Crippen molar-refractivity contribution in [2.75, 3.05) is 11.5 Å². The molecule has 0 aliphatic carbocycles. The van der Waals surface area contributed by atoms with E-state index >= 15 is 0 Å². The summed E-state index contributed by atoms with van der Waals surface area (Å²) in [7, 11) is 0. The number of thiocarbonyl (C=S) groups is 1. The number of halogens is 1. The van der Waals surface area contributed by atoms with Gasteiger partial charge >= 0.3 is 0 Å². The molecule has 0 unspecified atom stereocenters. The fourth-order valence-corrected chi connectivity index (χ4v) is 5.14. The Morgan fingerprint density at radius 2 is 1.70 bits per heavy atom. The number of carbonyl (C=O) groups excluding carboxylic acids is 2. The minimum absolute atomic E-state index is 0.0293. The number of nitrogens with zero attached hydrogens (tertiary/aromatic N) is 1. The fraction of sp³-hybridized carbons (Fsp3) is 0.156. The maximum atomic E-state index is 13.5. The number of hydrogen-bond acceptors (Lipinski definition) is 5. The van der Waals surface area contributed by atoms with Gasteiger partial charge in [-0.3, -0.25) is 19.8 Å². The third-order valence-electron chi connectivity index (χ3n) is 6.60. The molecule has 1 saturated heterocycles. The number of hydrogen-bond donors (Lipinski definition) is 1. The maximum Gasteiger partial charge on any atom is 0.270 e. The third-order valence-corrected chi connectivity index (χ3v) is 7.16. The van der Waals surface area contributed by atoms with Crippen molar-refractivity contribution < 1.29 is 19.1 Å². The lowest BCUT2D eigenvalue weighted by atomic mass is 10.0. The van der Waals surface area contributed by atoms with Crippen LogP contribution in [0.4, 0.5) is 5.69 Å². The third kappa shape index (κ3) is 5.57. The molecule has 1 heterocycles. The number of anilines is 1. The second-order valence-electron chi connectivity index (χ2n) is 9.17. The van der Waals surface area contributed by atoms with Gasteiger partial charge in [-0.1, -0.05) is 73.1 Å². The lowest BCUT2D eigenvalue weighted by molar-refractivity contribution is -0.122. The summed E-state index contributed by atoms with van der Waals surface area (Å²) < 4.78 is 12.0. The zero-order chi connectivity index (χ0) is 28.2. The number of ether oxygens (including phenoxy) is 2. The Hall–Kier alpha value is -4.20. The van der Waals surface area contributed by atoms with Crippen molar-refractivity contribution in [3.63, 3.8) is 0 Å². The number of amides is 2. The minimum Gasteiger partial charge on any atom is -0.490 e. The van der Waals surface area contributed by atoms with Crippen LogP contribution >= 0.6 is 23.8 Å². The van der Waals surface area contributed by atoms with Gasteiger partial charge in [0.1, 0.15) is 12.2 Å². The van der Waals surface area contributed by atoms with E-state index in [1.807, 2.05) is 68.4 Å². The summed E-state index contributed by atoms with van der Waals surface area (Å²) in [5, 5.41) is 5.15. The maximum absolute atomic E-state index is 13.5. The van der Waals surface area contributed by atoms with Crippen molar-refractivity contribution >= 4 is 63.3 Å². The highest BCUT2D eigenvalue weighted by Gasteiger charge is 2.34. The Morgan fingerprint density at radius 3 is 2.45 bits per heavy atom. The van der Waals surface area contributed by atoms with E-state index in [0.29, 0.717) is 34.4 Å². The average Bonchev–Trinajstić information content (AvgIpc) is 2.95. The normalized spacial score (nSPS) is 14.5. The predicted octanol–water partition coefficient (Wildman–Crippen LogP) is 6.86. The highest BCUT2D eigenvalue weighted by Crippen LogP contribution is 2.38. The number of nitrogens with one attached hydrogen (secondary N) is 1. The molecule has 5 rings (SSSR count). The Labute approximate surface area is 243 Å². The monoisotopic (exact) mass is 570 g/mol. The molecule has 202 valence electrons. The first-order valence-electron chi connectivity index (χ1n) is 13.0. The van der Waals surface area contributed by atoms with E-state index in [9.17, 15) is 9.59 Å². The van der Waals surface area contributed by atoms with Gasteiger partial charge in [-0.05, 0) is 83.4 Å². The molecule has 40 heavy (non-hydrogen) atoms. The number of carbonyl (C=O) groups is 2. The van der Waals surface area contributed by atoms with Crippen molar-refractivity contribution in [3.05, 3.63) is 106 Å². The van der Waals surface area contributed by atoms with Gasteiger partial charge in [0.05, 0.1) is 17.3 Å². The Balaban J connectivity index is 1.45. The van der Waals surface area contributed by atoms with Gasteiger partial charge in [-0.25, -0.2) is 0 Å². The van der Waals surface area contributed by atoms with E-state index in [1.54, 1.807) is 12.1 Å². The largest absolute Gasteiger partial charge is 0.490 e. The van der Waals surface area contributed by atoms with Gasteiger partial charge in [-0.15, -0.1) is 0 Å². The molecule has 6 nitrogen and oxygen atoms in total. The van der Waals surface area contributed by atoms with Crippen LogP contribution in [0.25, 0.3) is 16.8 Å². The summed E-state index contributed by atoms with van der Waals surface area (Å²) in [6.45, 7) is 4.56. The standard InChI is InChI=1S/C32H27ClN2O4S/c1-3-20-12-14-24(15-13-20)35-31(37)26(30(36)34-32(35)40)16-21-17-27(33)29(28(18-21)38-4-2)39-19-23-10-7-9-22-8-5-6-11-25(22)23/h5-18H,3-4,19H2,1-2H3,(H,34,36,40)/b26-16+.